The van der Waals surface area contributed by atoms with Gasteiger partial charge < -0.3 is 14.5 Å². The van der Waals surface area contributed by atoms with Crippen molar-refractivity contribution in [2.75, 3.05) is 31.1 Å². The predicted molar refractivity (Wildman–Crippen MR) is 92.1 cm³/mol. The van der Waals surface area contributed by atoms with Crippen molar-refractivity contribution in [1.82, 2.24) is 14.9 Å². The Balaban J connectivity index is 1.58. The molecule has 2 heterocycles. The molecule has 0 bridgehead atoms. The van der Waals surface area contributed by atoms with Crippen molar-refractivity contribution in [2.24, 2.45) is 0 Å². The van der Waals surface area contributed by atoms with E-state index in [0.717, 1.165) is 0 Å². The normalized spacial score (nSPS) is 15.4. The van der Waals surface area contributed by atoms with Crippen LogP contribution in [-0.2, 0) is 4.79 Å². The average molecular weight is 337 g/mol. The molecule has 0 spiro atoms. The monoisotopic (exact) mass is 337 g/mol. The van der Waals surface area contributed by atoms with Gasteiger partial charge in [-0.3, -0.25) is 4.79 Å². The molecular formula is C18H19N5O2. The third-order valence-electron chi connectivity index (χ3n) is 4.09. The molecule has 0 N–H and O–H groups in total. The summed E-state index contributed by atoms with van der Waals surface area (Å²) in [5.41, 5.74) is 0.424. The van der Waals surface area contributed by atoms with Gasteiger partial charge in [-0.25, -0.2) is 9.97 Å². The number of anilines is 1. The summed E-state index contributed by atoms with van der Waals surface area (Å²) in [6, 6.07) is 10.8. The predicted octanol–water partition coefficient (Wildman–Crippen LogP) is 1.46. The number of aromatic nitrogens is 2. The largest absolute Gasteiger partial charge is 0.480 e. The first kappa shape index (κ1) is 16.7. The number of amides is 1. The summed E-state index contributed by atoms with van der Waals surface area (Å²) in [6.07, 6.45) is 2.78. The van der Waals surface area contributed by atoms with E-state index < -0.39 is 6.10 Å². The van der Waals surface area contributed by atoms with Gasteiger partial charge >= 0.3 is 0 Å². The van der Waals surface area contributed by atoms with Gasteiger partial charge in [0, 0.05) is 38.6 Å². The van der Waals surface area contributed by atoms with E-state index in [1.165, 1.54) is 0 Å². The molecule has 1 aliphatic heterocycles. The van der Waals surface area contributed by atoms with Crippen LogP contribution in [0.25, 0.3) is 0 Å². The Labute approximate surface area is 146 Å². The minimum absolute atomic E-state index is 0.0821. The number of para-hydroxylation sites is 1. The first-order chi connectivity index (χ1) is 12.2. The van der Waals surface area contributed by atoms with Crippen LogP contribution in [0, 0.1) is 11.3 Å². The summed E-state index contributed by atoms with van der Waals surface area (Å²) in [5.74, 6) is 1.03. The van der Waals surface area contributed by atoms with Crippen LogP contribution < -0.4 is 9.64 Å². The van der Waals surface area contributed by atoms with Gasteiger partial charge in [0.2, 0.25) is 5.95 Å². The van der Waals surface area contributed by atoms with E-state index in [9.17, 15) is 4.79 Å². The lowest BCUT2D eigenvalue weighted by Crippen LogP contribution is -2.52. The number of ether oxygens (including phenoxy) is 1. The minimum Gasteiger partial charge on any atom is -0.480 e. The van der Waals surface area contributed by atoms with E-state index in [2.05, 4.69) is 20.9 Å². The van der Waals surface area contributed by atoms with Crippen LogP contribution in [0.5, 0.6) is 5.75 Å². The summed E-state index contributed by atoms with van der Waals surface area (Å²) < 4.78 is 5.71. The van der Waals surface area contributed by atoms with Crippen LogP contribution in [0.2, 0.25) is 0 Å². The molecule has 1 aromatic carbocycles. The van der Waals surface area contributed by atoms with Gasteiger partial charge in [-0.1, -0.05) is 12.1 Å². The van der Waals surface area contributed by atoms with Crippen LogP contribution in [-0.4, -0.2) is 53.1 Å². The quantitative estimate of drug-likeness (QED) is 0.840. The zero-order valence-electron chi connectivity index (χ0n) is 14.0. The van der Waals surface area contributed by atoms with E-state index in [4.69, 9.17) is 10.00 Å². The molecule has 1 amide bonds. The van der Waals surface area contributed by atoms with E-state index in [0.29, 0.717) is 43.4 Å². The molecule has 1 aromatic heterocycles. The number of rotatable bonds is 4. The molecule has 1 fully saturated rings. The molecule has 2 aromatic rings. The SMILES string of the molecule is CC(Oc1ccccc1C#N)C(=O)N1CCN(c2ncccn2)CC1. The highest BCUT2D eigenvalue weighted by Crippen LogP contribution is 2.19. The lowest BCUT2D eigenvalue weighted by Gasteiger charge is -2.35. The first-order valence-corrected chi connectivity index (χ1v) is 8.15. The smallest absolute Gasteiger partial charge is 0.263 e. The first-order valence-electron chi connectivity index (χ1n) is 8.15. The van der Waals surface area contributed by atoms with Crippen molar-refractivity contribution in [3.05, 3.63) is 48.3 Å². The van der Waals surface area contributed by atoms with Gasteiger partial charge in [-0.2, -0.15) is 5.26 Å². The third kappa shape index (κ3) is 3.86. The van der Waals surface area contributed by atoms with Crippen LogP contribution in [0.3, 0.4) is 0 Å². The second-order valence-corrected chi connectivity index (χ2v) is 5.73. The van der Waals surface area contributed by atoms with Gasteiger partial charge in [0.25, 0.3) is 5.91 Å². The molecule has 0 aliphatic carbocycles. The van der Waals surface area contributed by atoms with Gasteiger partial charge in [0.05, 0.1) is 5.56 Å². The number of piperazine rings is 1. The number of carbonyl (C=O) groups is 1. The van der Waals surface area contributed by atoms with Gasteiger partial charge in [0.1, 0.15) is 11.8 Å². The molecular weight excluding hydrogens is 318 g/mol. The van der Waals surface area contributed by atoms with Crippen LogP contribution >= 0.6 is 0 Å². The fourth-order valence-electron chi connectivity index (χ4n) is 2.74. The molecule has 0 saturated carbocycles. The fourth-order valence-corrected chi connectivity index (χ4v) is 2.74. The van der Waals surface area contributed by atoms with Crippen LogP contribution in [0.1, 0.15) is 12.5 Å². The summed E-state index contributed by atoms with van der Waals surface area (Å²) in [5, 5.41) is 9.11. The van der Waals surface area contributed by atoms with Gasteiger partial charge in [0.15, 0.2) is 6.10 Å². The lowest BCUT2D eigenvalue weighted by atomic mass is 10.2. The molecule has 7 heteroatoms. The molecule has 128 valence electrons. The molecule has 7 nitrogen and oxygen atoms in total. The maximum absolute atomic E-state index is 12.6. The second-order valence-electron chi connectivity index (χ2n) is 5.73. The topological polar surface area (TPSA) is 82.4 Å². The number of nitriles is 1. The Morgan fingerprint density at radius 2 is 1.84 bits per heavy atom. The van der Waals surface area contributed by atoms with Crippen molar-refractivity contribution >= 4 is 11.9 Å². The highest BCUT2D eigenvalue weighted by atomic mass is 16.5. The van der Waals surface area contributed by atoms with Crippen molar-refractivity contribution in [2.45, 2.75) is 13.0 Å². The molecule has 0 radical (unpaired) electrons. The summed E-state index contributed by atoms with van der Waals surface area (Å²) in [7, 11) is 0. The van der Waals surface area contributed by atoms with Crippen molar-refractivity contribution in [1.29, 1.82) is 5.26 Å². The van der Waals surface area contributed by atoms with Crippen LogP contribution in [0.4, 0.5) is 5.95 Å². The Morgan fingerprint density at radius 3 is 2.52 bits per heavy atom. The lowest BCUT2D eigenvalue weighted by molar-refractivity contribution is -0.138. The Bertz CT molecular complexity index is 767. The third-order valence-corrected chi connectivity index (χ3v) is 4.09. The molecule has 3 rings (SSSR count). The molecule has 1 saturated heterocycles. The average Bonchev–Trinajstić information content (AvgIpc) is 2.68. The van der Waals surface area contributed by atoms with Crippen molar-refractivity contribution in [3.63, 3.8) is 0 Å². The molecule has 25 heavy (non-hydrogen) atoms. The van der Waals surface area contributed by atoms with E-state index >= 15 is 0 Å². The zero-order valence-corrected chi connectivity index (χ0v) is 14.0. The number of carbonyl (C=O) groups excluding carboxylic acids is 1. The number of nitrogens with zero attached hydrogens (tertiary/aromatic N) is 5. The summed E-state index contributed by atoms with van der Waals surface area (Å²) >= 11 is 0. The highest BCUT2D eigenvalue weighted by molar-refractivity contribution is 5.81. The van der Waals surface area contributed by atoms with E-state index in [-0.39, 0.29) is 5.91 Å². The van der Waals surface area contributed by atoms with Gasteiger partial charge in [-0.15, -0.1) is 0 Å². The summed E-state index contributed by atoms with van der Waals surface area (Å²) in [6.45, 7) is 4.24. The van der Waals surface area contributed by atoms with E-state index in [1.54, 1.807) is 54.5 Å². The Kier molecular flexibility index (Phi) is 5.09. The maximum Gasteiger partial charge on any atom is 0.263 e. The van der Waals surface area contributed by atoms with Crippen LogP contribution in [0.15, 0.2) is 42.7 Å². The van der Waals surface area contributed by atoms with Gasteiger partial charge in [-0.05, 0) is 25.1 Å². The number of hydrogen-bond donors (Lipinski definition) is 0. The van der Waals surface area contributed by atoms with Crippen molar-refractivity contribution in [3.8, 4) is 11.8 Å². The Hall–Kier alpha value is -3.14. The second kappa shape index (κ2) is 7.62. The molecule has 1 atom stereocenters. The Morgan fingerprint density at radius 1 is 1.16 bits per heavy atom. The minimum atomic E-state index is -0.644. The number of benzene rings is 1. The summed E-state index contributed by atoms with van der Waals surface area (Å²) in [4.78, 5) is 24.9. The highest BCUT2D eigenvalue weighted by Gasteiger charge is 2.27. The molecule has 1 aliphatic rings. The zero-order chi connectivity index (χ0) is 17.6. The fraction of sp³-hybridized carbons (Fsp3) is 0.333. The van der Waals surface area contributed by atoms with E-state index in [1.807, 2.05) is 0 Å². The molecule has 1 unspecified atom stereocenters. The van der Waals surface area contributed by atoms with Crippen molar-refractivity contribution < 1.29 is 9.53 Å². The maximum atomic E-state index is 12.6. The standard InChI is InChI=1S/C18H19N5O2/c1-14(25-16-6-3-2-5-15(16)13-19)17(24)22-9-11-23(12-10-22)18-20-7-4-8-21-18/h2-8,14H,9-12H2,1H3. The number of hydrogen-bond acceptors (Lipinski definition) is 6.